The second-order valence-electron chi connectivity index (χ2n) is 6.33. The molecule has 0 heterocycles. The lowest BCUT2D eigenvalue weighted by atomic mass is 10.2. The highest BCUT2D eigenvalue weighted by atomic mass is 79.9. The van der Waals surface area contributed by atoms with E-state index in [4.69, 9.17) is 32.7 Å². The first-order valence-electron chi connectivity index (χ1n) is 9.40. The van der Waals surface area contributed by atoms with Crippen molar-refractivity contribution in [3.8, 4) is 11.5 Å². The highest BCUT2D eigenvalue weighted by molar-refractivity contribution is 9.10. The fraction of sp³-hybridized carbons (Fsp3) is 0.174. The minimum absolute atomic E-state index is 0.423. The van der Waals surface area contributed by atoms with E-state index in [2.05, 4.69) is 26.5 Å². The van der Waals surface area contributed by atoms with Crippen LogP contribution in [-0.2, 0) is 13.2 Å². The van der Waals surface area contributed by atoms with Gasteiger partial charge in [-0.15, -0.1) is 0 Å². The molecule has 3 aromatic rings. The molecule has 3 aromatic carbocycles. The predicted molar refractivity (Wildman–Crippen MR) is 127 cm³/mol. The molecule has 30 heavy (non-hydrogen) atoms. The summed E-state index contributed by atoms with van der Waals surface area (Å²) in [4.78, 5) is 0. The highest BCUT2D eigenvalue weighted by Gasteiger charge is 2.12. The molecule has 0 aliphatic heterocycles. The normalized spacial score (nSPS) is 10.9. The Hall–Kier alpha value is -2.21. The van der Waals surface area contributed by atoms with Gasteiger partial charge in [-0.25, -0.2) is 0 Å². The van der Waals surface area contributed by atoms with Crippen LogP contribution in [0.15, 0.2) is 70.2 Å². The van der Waals surface area contributed by atoms with E-state index in [-0.39, 0.29) is 0 Å². The molecule has 0 radical (unpaired) electrons. The van der Waals surface area contributed by atoms with Gasteiger partial charge in [0.15, 0.2) is 11.5 Å². The van der Waals surface area contributed by atoms with Crippen molar-refractivity contribution in [1.29, 1.82) is 0 Å². The van der Waals surface area contributed by atoms with Gasteiger partial charge in [0.25, 0.3) is 0 Å². The van der Waals surface area contributed by atoms with Crippen LogP contribution in [0.1, 0.15) is 23.6 Å². The molecule has 0 amide bonds. The van der Waals surface area contributed by atoms with Crippen molar-refractivity contribution in [1.82, 2.24) is 5.43 Å². The number of hydrazone groups is 1. The third-order valence-corrected chi connectivity index (χ3v) is 5.48. The summed E-state index contributed by atoms with van der Waals surface area (Å²) in [6.45, 7) is 3.34. The summed E-state index contributed by atoms with van der Waals surface area (Å²) in [7, 11) is 0. The predicted octanol–water partition coefficient (Wildman–Crippen LogP) is 6.86. The van der Waals surface area contributed by atoms with Crippen LogP contribution in [0.4, 0.5) is 0 Å². The average Bonchev–Trinajstić information content (AvgIpc) is 2.73. The zero-order chi connectivity index (χ0) is 21.3. The van der Waals surface area contributed by atoms with Crippen molar-refractivity contribution in [2.75, 3.05) is 6.61 Å². The highest BCUT2D eigenvalue weighted by Crippen LogP contribution is 2.37. The second kappa shape index (κ2) is 11.3. The van der Waals surface area contributed by atoms with Gasteiger partial charge >= 0.3 is 0 Å². The van der Waals surface area contributed by atoms with E-state index in [0.717, 1.165) is 21.2 Å². The molecular formula is C23H21BrCl2N2O2. The first-order chi connectivity index (χ1) is 14.6. The maximum Gasteiger partial charge on any atom is 0.175 e. The molecule has 1 N–H and O–H groups in total. The Kier molecular flexibility index (Phi) is 8.43. The van der Waals surface area contributed by atoms with Crippen LogP contribution in [-0.4, -0.2) is 12.8 Å². The van der Waals surface area contributed by atoms with Crippen LogP contribution < -0.4 is 14.9 Å². The molecule has 0 atom stereocenters. The number of ether oxygens (including phenoxy) is 2. The van der Waals surface area contributed by atoms with Gasteiger partial charge in [-0.1, -0.05) is 59.6 Å². The van der Waals surface area contributed by atoms with Crippen LogP contribution in [0.5, 0.6) is 11.5 Å². The maximum absolute atomic E-state index is 6.18. The molecule has 0 aliphatic rings. The standard InChI is InChI=1S/C23H21BrCl2N2O2/c1-2-29-22-12-17(13-27-28-14-18-20(25)9-6-10-21(18)26)11-19(24)23(22)30-15-16-7-4-3-5-8-16/h3-13,28H,2,14-15H2,1H3/b27-13-. The van der Waals surface area contributed by atoms with E-state index in [1.54, 1.807) is 18.3 Å². The van der Waals surface area contributed by atoms with Crippen molar-refractivity contribution in [3.05, 3.63) is 91.9 Å². The lowest BCUT2D eigenvalue weighted by Gasteiger charge is -2.14. The van der Waals surface area contributed by atoms with Crippen LogP contribution in [0.2, 0.25) is 10.0 Å². The van der Waals surface area contributed by atoms with E-state index in [1.807, 2.05) is 55.5 Å². The summed E-state index contributed by atoms with van der Waals surface area (Å²) >= 11 is 15.9. The molecule has 0 aliphatic carbocycles. The minimum Gasteiger partial charge on any atom is -0.490 e. The Morgan fingerprint density at radius 1 is 1.00 bits per heavy atom. The van der Waals surface area contributed by atoms with Crippen LogP contribution in [0, 0.1) is 0 Å². The molecule has 3 rings (SSSR count). The van der Waals surface area contributed by atoms with Crippen molar-refractivity contribution < 1.29 is 9.47 Å². The first-order valence-corrected chi connectivity index (χ1v) is 10.9. The number of nitrogens with one attached hydrogen (secondary N) is 1. The molecule has 7 heteroatoms. The Bertz CT molecular complexity index is 993. The monoisotopic (exact) mass is 506 g/mol. The smallest absolute Gasteiger partial charge is 0.175 e. The van der Waals surface area contributed by atoms with Gasteiger partial charge < -0.3 is 14.9 Å². The molecule has 156 valence electrons. The summed E-state index contributed by atoms with van der Waals surface area (Å²) in [5.41, 5.74) is 5.72. The van der Waals surface area contributed by atoms with Gasteiger partial charge in [0.2, 0.25) is 0 Å². The molecule has 0 saturated heterocycles. The summed E-state index contributed by atoms with van der Waals surface area (Å²) < 4.78 is 12.6. The Morgan fingerprint density at radius 3 is 2.43 bits per heavy atom. The number of rotatable bonds is 9. The van der Waals surface area contributed by atoms with E-state index >= 15 is 0 Å². The summed E-state index contributed by atoms with van der Waals surface area (Å²) in [5, 5.41) is 5.48. The topological polar surface area (TPSA) is 42.8 Å². The van der Waals surface area contributed by atoms with Crippen molar-refractivity contribution in [3.63, 3.8) is 0 Å². The Balaban J connectivity index is 1.70. The van der Waals surface area contributed by atoms with Crippen LogP contribution >= 0.6 is 39.1 Å². The molecule has 0 saturated carbocycles. The second-order valence-corrected chi connectivity index (χ2v) is 8.00. The Labute approximate surface area is 194 Å². The zero-order valence-electron chi connectivity index (χ0n) is 16.4. The molecule has 4 nitrogen and oxygen atoms in total. The van der Waals surface area contributed by atoms with Gasteiger partial charge in [0, 0.05) is 15.6 Å². The maximum atomic E-state index is 6.18. The average molecular weight is 508 g/mol. The minimum atomic E-state index is 0.423. The van der Waals surface area contributed by atoms with E-state index in [1.165, 1.54) is 0 Å². The molecule has 0 aromatic heterocycles. The quantitative estimate of drug-likeness (QED) is 0.254. The van der Waals surface area contributed by atoms with Gasteiger partial charge in [-0.2, -0.15) is 5.10 Å². The number of hydrogen-bond acceptors (Lipinski definition) is 4. The van der Waals surface area contributed by atoms with Gasteiger partial charge in [0.1, 0.15) is 6.61 Å². The van der Waals surface area contributed by atoms with E-state index in [0.29, 0.717) is 41.3 Å². The van der Waals surface area contributed by atoms with Gasteiger partial charge in [-0.05, 0) is 58.2 Å². The lowest BCUT2D eigenvalue weighted by Crippen LogP contribution is -2.07. The fourth-order valence-corrected chi connectivity index (χ4v) is 3.85. The summed E-state index contributed by atoms with van der Waals surface area (Å²) in [6, 6.07) is 19.2. The third kappa shape index (κ3) is 6.14. The van der Waals surface area contributed by atoms with Crippen molar-refractivity contribution >= 4 is 45.3 Å². The molecule has 0 spiro atoms. The number of nitrogens with zero attached hydrogens (tertiary/aromatic N) is 1. The van der Waals surface area contributed by atoms with Crippen molar-refractivity contribution in [2.24, 2.45) is 5.10 Å². The van der Waals surface area contributed by atoms with Crippen LogP contribution in [0.3, 0.4) is 0 Å². The zero-order valence-corrected chi connectivity index (χ0v) is 19.5. The molecule has 0 unspecified atom stereocenters. The summed E-state index contributed by atoms with van der Waals surface area (Å²) in [6.07, 6.45) is 1.71. The fourth-order valence-electron chi connectivity index (χ4n) is 2.74. The summed E-state index contributed by atoms with van der Waals surface area (Å²) in [5.74, 6) is 1.31. The number of hydrogen-bond donors (Lipinski definition) is 1. The molecule has 0 fully saturated rings. The SMILES string of the molecule is CCOc1cc(/C=N\NCc2c(Cl)cccc2Cl)cc(Br)c1OCc1ccccc1. The number of benzene rings is 3. The van der Waals surface area contributed by atoms with Crippen molar-refractivity contribution in [2.45, 2.75) is 20.1 Å². The largest absolute Gasteiger partial charge is 0.490 e. The molecular weight excluding hydrogens is 487 g/mol. The Morgan fingerprint density at radius 2 is 1.73 bits per heavy atom. The van der Waals surface area contributed by atoms with E-state index < -0.39 is 0 Å². The molecule has 0 bridgehead atoms. The lowest BCUT2D eigenvalue weighted by molar-refractivity contribution is 0.267. The van der Waals surface area contributed by atoms with Gasteiger partial charge in [0.05, 0.1) is 23.8 Å². The van der Waals surface area contributed by atoms with E-state index in [9.17, 15) is 0 Å². The number of halogens is 3. The third-order valence-electron chi connectivity index (χ3n) is 4.18. The van der Waals surface area contributed by atoms with Crippen LogP contribution in [0.25, 0.3) is 0 Å². The first kappa shape index (κ1) is 22.5. The van der Waals surface area contributed by atoms with Gasteiger partial charge in [-0.3, -0.25) is 0 Å².